The summed E-state index contributed by atoms with van der Waals surface area (Å²) in [6.45, 7) is 12.1. The minimum atomic E-state index is -1.23. The van der Waals surface area contributed by atoms with Crippen LogP contribution in [0, 0.1) is 12.3 Å². The second-order valence-corrected chi connectivity index (χ2v) is 21.4. The maximum Gasteiger partial charge on any atom is 0.246 e. The van der Waals surface area contributed by atoms with Gasteiger partial charge in [-0.1, -0.05) is 68.8 Å². The van der Waals surface area contributed by atoms with E-state index in [1.54, 1.807) is 36.1 Å². The molecule has 0 radical (unpaired) electrons. The lowest BCUT2D eigenvalue weighted by Gasteiger charge is -2.36. The topological polar surface area (TPSA) is 197 Å². The van der Waals surface area contributed by atoms with Crippen molar-refractivity contribution in [1.82, 2.24) is 35.4 Å². The third kappa shape index (κ3) is 13.1. The van der Waals surface area contributed by atoms with Gasteiger partial charge in [0.2, 0.25) is 23.7 Å². The molecule has 4 heterocycles. The Bertz CT molecular complexity index is 2640. The molecular formula is C50H64ClN11O6S2. The molecule has 2 aromatic heterocycles. The number of β-amino-alcohol motifs (C(OH)–C–C–N with tert-alkyl or cyclic N) is 1. The van der Waals surface area contributed by atoms with Crippen LogP contribution in [-0.2, 0) is 31.9 Å². The minimum absolute atomic E-state index is 0.0197. The van der Waals surface area contributed by atoms with Crippen molar-refractivity contribution in [1.29, 1.82) is 0 Å². The quantitative estimate of drug-likeness (QED) is 0.0537. The average Bonchev–Trinajstić information content (AvgIpc) is 3.97. The second kappa shape index (κ2) is 23.4. The van der Waals surface area contributed by atoms with Gasteiger partial charge in [-0.05, 0) is 67.1 Å². The number of benzene rings is 3. The van der Waals surface area contributed by atoms with Gasteiger partial charge in [0.25, 0.3) is 0 Å². The molecule has 4 atom stereocenters. The van der Waals surface area contributed by atoms with Crippen LogP contribution < -0.4 is 35.2 Å². The molecule has 2 saturated heterocycles. The molecule has 1 unspecified atom stereocenters. The number of aromatic nitrogens is 3. The van der Waals surface area contributed by atoms with Gasteiger partial charge in [0.1, 0.15) is 33.8 Å². The van der Waals surface area contributed by atoms with Gasteiger partial charge in [-0.25, -0.2) is 14.2 Å². The number of halogens is 1. The predicted molar refractivity (Wildman–Crippen MR) is 280 cm³/mol. The Balaban J connectivity index is 0.857. The highest BCUT2D eigenvalue weighted by molar-refractivity contribution is 7.85. The van der Waals surface area contributed by atoms with Crippen LogP contribution in [0.5, 0.6) is 5.75 Å². The van der Waals surface area contributed by atoms with E-state index in [2.05, 4.69) is 46.0 Å². The van der Waals surface area contributed by atoms with Crippen molar-refractivity contribution >= 4 is 86.2 Å². The number of para-hydroxylation sites is 2. The largest absolute Gasteiger partial charge is 0.494 e. The fraction of sp³-hybridized carbons (Fsp3) is 0.440. The molecule has 17 nitrogen and oxygen atoms in total. The number of aliphatic hydroxyl groups excluding tert-OH is 1. The normalized spacial score (nSPS) is 17.2. The van der Waals surface area contributed by atoms with E-state index in [0.29, 0.717) is 40.3 Å². The third-order valence-corrected chi connectivity index (χ3v) is 14.9. The first-order chi connectivity index (χ1) is 33.5. The number of nitrogens with one attached hydrogen (secondary N) is 4. The molecule has 0 saturated carbocycles. The number of methoxy groups -OCH3 is 1. The number of anilines is 6. The van der Waals surface area contributed by atoms with Crippen LogP contribution in [0.3, 0.4) is 0 Å². The number of hydrogen-bond donors (Lipinski definition) is 5. The van der Waals surface area contributed by atoms with E-state index in [1.165, 1.54) is 11.1 Å². The molecule has 3 aromatic carbocycles. The SMILES string of the molecule is COc1cc(N2CCN(CCCCC(=O)N[C@H](C(=O)N3C[C@H](O)C[C@@H]3C(=O)NCc3ccc(-c4scnc4C)cc3)C(C)(C)C)CC2)ccc1Nc1ncc(Cl)c(Nc2ccccc2N(C)S(C)=O)n1. The van der Waals surface area contributed by atoms with E-state index in [1.807, 2.05) is 99.9 Å². The molecule has 2 aliphatic heterocycles. The zero-order valence-electron chi connectivity index (χ0n) is 40.8. The number of hydrogen-bond acceptors (Lipinski definition) is 14. The van der Waals surface area contributed by atoms with E-state index < -0.39 is 34.6 Å². The molecule has 0 aliphatic carbocycles. The van der Waals surface area contributed by atoms with Crippen molar-refractivity contribution in [3.63, 3.8) is 0 Å². The smallest absolute Gasteiger partial charge is 0.246 e. The highest BCUT2D eigenvalue weighted by Crippen LogP contribution is 2.35. The molecule has 374 valence electrons. The Morgan fingerprint density at radius 1 is 1.00 bits per heavy atom. The van der Waals surface area contributed by atoms with Crippen LogP contribution in [0.4, 0.5) is 34.5 Å². The Morgan fingerprint density at radius 3 is 2.43 bits per heavy atom. The molecule has 0 bridgehead atoms. The van der Waals surface area contributed by atoms with Crippen LogP contribution in [0.1, 0.15) is 57.7 Å². The summed E-state index contributed by atoms with van der Waals surface area (Å²) in [6, 6.07) is 19.6. The van der Waals surface area contributed by atoms with E-state index in [0.717, 1.165) is 72.2 Å². The minimum Gasteiger partial charge on any atom is -0.494 e. The number of rotatable bonds is 19. The molecule has 20 heteroatoms. The van der Waals surface area contributed by atoms with Gasteiger partial charge < -0.3 is 40.9 Å². The molecule has 2 aliphatic rings. The fourth-order valence-electron chi connectivity index (χ4n) is 8.60. The number of carbonyl (C=O) groups is 3. The number of piperazine rings is 1. The molecular weight excluding hydrogens is 950 g/mol. The summed E-state index contributed by atoms with van der Waals surface area (Å²) in [5.74, 6) is 0.385. The van der Waals surface area contributed by atoms with Gasteiger partial charge in [-0.3, -0.25) is 23.6 Å². The Labute approximate surface area is 422 Å². The molecule has 0 spiro atoms. The van der Waals surface area contributed by atoms with E-state index in [9.17, 15) is 23.7 Å². The number of thiazole rings is 1. The molecule has 5 N–H and O–H groups in total. The number of ether oxygens (including phenoxy) is 1. The molecule has 2 fully saturated rings. The van der Waals surface area contributed by atoms with Crippen molar-refractivity contribution in [2.45, 2.75) is 78.1 Å². The second-order valence-electron chi connectivity index (χ2n) is 18.7. The van der Waals surface area contributed by atoms with E-state index in [-0.39, 0.29) is 43.7 Å². The third-order valence-electron chi connectivity index (χ3n) is 12.6. The van der Waals surface area contributed by atoms with Crippen LogP contribution in [0.25, 0.3) is 10.4 Å². The van der Waals surface area contributed by atoms with Crippen LogP contribution in [-0.4, -0.2) is 130 Å². The average molecular weight is 1010 g/mol. The van der Waals surface area contributed by atoms with Crippen molar-refractivity contribution in [2.24, 2.45) is 5.41 Å². The molecule has 3 amide bonds. The summed E-state index contributed by atoms with van der Waals surface area (Å²) in [6.07, 6.45) is 4.14. The zero-order valence-corrected chi connectivity index (χ0v) is 43.2. The number of carbonyl (C=O) groups excluding carboxylic acids is 3. The zero-order chi connectivity index (χ0) is 50.1. The number of nitrogens with zero attached hydrogens (tertiary/aromatic N) is 7. The van der Waals surface area contributed by atoms with Gasteiger partial charge >= 0.3 is 0 Å². The van der Waals surface area contributed by atoms with Crippen molar-refractivity contribution in [2.75, 3.05) is 79.5 Å². The van der Waals surface area contributed by atoms with Gasteiger partial charge in [-0.15, -0.1) is 11.3 Å². The lowest BCUT2D eigenvalue weighted by atomic mass is 9.85. The Hall–Kier alpha value is -5.86. The number of likely N-dealkylation sites (tertiary alicyclic amines) is 1. The Kier molecular flexibility index (Phi) is 17.4. The standard InChI is InChI=1S/C50H64ClN11O6S2/c1-32-44(69-31-54-32)34-17-15-33(16-18-34)28-52-47(65)41-27-36(63)30-62(41)48(66)45(50(2,3)4)57-43(64)14-10-11-21-60-22-24-61(25-23-60)35-19-20-39(42(26-35)68-6)56-49-53-29-37(51)46(58-49)55-38-12-8-9-13-40(38)59(5)70(7)67/h8-9,12-13,15-20,26,29,31,36,41,45,63H,10-11,14,21-25,27-28,30H2,1-7H3,(H,52,65)(H,57,64)(H2,53,55,56,58)/t36-,41-,45-,70?/m1/s1. The molecule has 7 rings (SSSR count). The van der Waals surface area contributed by atoms with Crippen molar-refractivity contribution in [3.05, 3.63) is 94.7 Å². The predicted octanol–water partition coefficient (Wildman–Crippen LogP) is 6.89. The first-order valence-electron chi connectivity index (χ1n) is 23.4. The maximum absolute atomic E-state index is 14.1. The van der Waals surface area contributed by atoms with Gasteiger partial charge in [-0.2, -0.15) is 4.98 Å². The maximum atomic E-state index is 14.1. The summed E-state index contributed by atoms with van der Waals surface area (Å²) in [4.78, 5) is 61.6. The summed E-state index contributed by atoms with van der Waals surface area (Å²) < 4.78 is 19.7. The summed E-state index contributed by atoms with van der Waals surface area (Å²) in [5.41, 5.74) is 7.24. The molecule has 70 heavy (non-hydrogen) atoms. The summed E-state index contributed by atoms with van der Waals surface area (Å²) in [5, 5.41) is 23.4. The van der Waals surface area contributed by atoms with Crippen molar-refractivity contribution < 1.29 is 28.4 Å². The molecule has 5 aromatic rings. The number of unbranched alkanes of at least 4 members (excludes halogenated alkanes) is 1. The monoisotopic (exact) mass is 1010 g/mol. The van der Waals surface area contributed by atoms with Gasteiger partial charge in [0, 0.05) is 77.2 Å². The number of amides is 3. The van der Waals surface area contributed by atoms with Crippen molar-refractivity contribution in [3.8, 4) is 16.2 Å². The Morgan fingerprint density at radius 2 is 1.74 bits per heavy atom. The highest BCUT2D eigenvalue weighted by atomic mass is 35.5. The number of aryl methyl sites for hydroxylation is 1. The van der Waals surface area contributed by atoms with E-state index in [4.69, 9.17) is 16.3 Å². The highest BCUT2D eigenvalue weighted by Gasteiger charge is 2.44. The summed E-state index contributed by atoms with van der Waals surface area (Å²) in [7, 11) is 2.14. The van der Waals surface area contributed by atoms with E-state index >= 15 is 0 Å². The van der Waals surface area contributed by atoms with Crippen LogP contribution >= 0.6 is 22.9 Å². The van der Waals surface area contributed by atoms with Gasteiger partial charge in [0.15, 0.2) is 5.82 Å². The first kappa shape index (κ1) is 52.0. The summed E-state index contributed by atoms with van der Waals surface area (Å²) >= 11 is 8.09. The van der Waals surface area contributed by atoms with Crippen LogP contribution in [0.2, 0.25) is 5.02 Å². The number of aliphatic hydroxyl groups is 1. The lowest BCUT2D eigenvalue weighted by molar-refractivity contribution is -0.144. The fourth-order valence-corrected chi connectivity index (χ4v) is 9.99. The first-order valence-corrected chi connectivity index (χ1v) is 26.2. The van der Waals surface area contributed by atoms with Gasteiger partial charge in [0.05, 0.1) is 52.6 Å². The lowest BCUT2D eigenvalue weighted by Crippen LogP contribution is -2.57. The van der Waals surface area contributed by atoms with Crippen LogP contribution in [0.15, 0.2) is 78.4 Å².